The number of fused-ring (bicyclic) bond motifs is 2. The molecule has 0 unspecified atom stereocenters. The molecule has 1 aliphatic heterocycles. The molecule has 1 aromatic heterocycles. The van der Waals surface area contributed by atoms with Gasteiger partial charge < -0.3 is 9.80 Å². The predicted molar refractivity (Wildman–Crippen MR) is 140 cm³/mol. The predicted octanol–water partition coefficient (Wildman–Crippen LogP) is 7.05. The van der Waals surface area contributed by atoms with Crippen molar-refractivity contribution in [2.75, 3.05) is 9.80 Å². The van der Waals surface area contributed by atoms with Crippen molar-refractivity contribution in [3.8, 4) is 11.3 Å². The van der Waals surface area contributed by atoms with Crippen LogP contribution in [-0.2, 0) is 7.05 Å². The molecule has 0 N–H and O–H groups in total. The van der Waals surface area contributed by atoms with Gasteiger partial charge in [-0.2, -0.15) is 0 Å². The quantitative estimate of drug-likeness (QED) is 0.312. The standard InChI is InChI=1S/C30H34N3/c1-20-16-25(29-18-23-12-8-9-13-24(23)19-31(29)7)21(2)28(17-20)32-22(3)33(30(4,5)6)27-15-11-10-14-26(27)32/h8-19,22H,1-7H3/q+1/t22-/m0/s1. The van der Waals surface area contributed by atoms with Gasteiger partial charge in [0.05, 0.1) is 16.9 Å². The minimum absolute atomic E-state index is 0.0234. The van der Waals surface area contributed by atoms with E-state index in [0.29, 0.717) is 0 Å². The van der Waals surface area contributed by atoms with Crippen LogP contribution in [0.4, 0.5) is 17.1 Å². The summed E-state index contributed by atoms with van der Waals surface area (Å²) in [6.45, 7) is 13.7. The molecule has 168 valence electrons. The monoisotopic (exact) mass is 436 g/mol. The molecule has 0 saturated carbocycles. The molecule has 4 aromatic rings. The van der Waals surface area contributed by atoms with Crippen molar-refractivity contribution in [3.05, 3.63) is 84.1 Å². The summed E-state index contributed by atoms with van der Waals surface area (Å²) in [7, 11) is 2.15. The minimum atomic E-state index is 0.0234. The first-order valence-electron chi connectivity index (χ1n) is 11.8. The van der Waals surface area contributed by atoms with Crippen molar-refractivity contribution in [3.63, 3.8) is 0 Å². The third kappa shape index (κ3) is 3.47. The maximum atomic E-state index is 2.54. The lowest BCUT2D eigenvalue weighted by Gasteiger charge is -2.40. The summed E-state index contributed by atoms with van der Waals surface area (Å²) in [6, 6.07) is 24.4. The summed E-state index contributed by atoms with van der Waals surface area (Å²) < 4.78 is 2.26. The number of aromatic nitrogens is 1. The molecule has 1 aliphatic rings. The van der Waals surface area contributed by atoms with Crippen molar-refractivity contribution >= 4 is 27.8 Å². The Morgan fingerprint density at radius 3 is 2.12 bits per heavy atom. The third-order valence-corrected chi connectivity index (χ3v) is 6.93. The Kier molecular flexibility index (Phi) is 4.97. The van der Waals surface area contributed by atoms with E-state index >= 15 is 0 Å². The number of aryl methyl sites for hydroxylation is 2. The highest BCUT2D eigenvalue weighted by Gasteiger charge is 2.40. The zero-order valence-electron chi connectivity index (χ0n) is 20.8. The number of pyridine rings is 1. The van der Waals surface area contributed by atoms with Crippen LogP contribution in [-0.4, -0.2) is 11.7 Å². The number of hydrogen-bond acceptors (Lipinski definition) is 2. The van der Waals surface area contributed by atoms with Gasteiger partial charge in [0.1, 0.15) is 13.2 Å². The highest BCUT2D eigenvalue weighted by atomic mass is 15.4. The fourth-order valence-corrected chi connectivity index (χ4v) is 5.55. The fraction of sp³-hybridized carbons (Fsp3) is 0.300. The van der Waals surface area contributed by atoms with E-state index in [4.69, 9.17) is 0 Å². The second-order valence-electron chi connectivity index (χ2n) is 10.4. The van der Waals surface area contributed by atoms with Crippen LogP contribution in [0.1, 0.15) is 38.8 Å². The Morgan fingerprint density at radius 1 is 0.788 bits per heavy atom. The Balaban J connectivity index is 1.72. The number of nitrogens with zero attached hydrogens (tertiary/aromatic N) is 3. The maximum absolute atomic E-state index is 2.54. The van der Waals surface area contributed by atoms with Gasteiger partial charge in [0.2, 0.25) is 5.69 Å². The smallest absolute Gasteiger partial charge is 0.213 e. The molecule has 0 bridgehead atoms. The lowest BCUT2D eigenvalue weighted by atomic mass is 9.97. The molecule has 0 fully saturated rings. The maximum Gasteiger partial charge on any atom is 0.213 e. The van der Waals surface area contributed by atoms with Crippen LogP contribution in [0.2, 0.25) is 0 Å². The summed E-state index contributed by atoms with van der Waals surface area (Å²) in [6.07, 6.45) is 2.46. The van der Waals surface area contributed by atoms with Crippen LogP contribution in [0.3, 0.4) is 0 Å². The molecule has 0 aliphatic carbocycles. The molecule has 0 amide bonds. The summed E-state index contributed by atoms with van der Waals surface area (Å²) >= 11 is 0. The van der Waals surface area contributed by atoms with Crippen LogP contribution in [0, 0.1) is 13.8 Å². The minimum Gasteiger partial charge on any atom is -0.345 e. The highest BCUT2D eigenvalue weighted by molar-refractivity contribution is 5.89. The van der Waals surface area contributed by atoms with Crippen molar-refractivity contribution < 1.29 is 4.57 Å². The summed E-state index contributed by atoms with van der Waals surface area (Å²) in [5.41, 5.74) is 9.00. The van der Waals surface area contributed by atoms with Gasteiger partial charge in [0, 0.05) is 22.7 Å². The van der Waals surface area contributed by atoms with Crippen molar-refractivity contribution in [1.29, 1.82) is 0 Å². The van der Waals surface area contributed by atoms with Gasteiger partial charge in [0.25, 0.3) is 0 Å². The average molecular weight is 437 g/mol. The molecular weight excluding hydrogens is 402 g/mol. The molecule has 1 atom stereocenters. The van der Waals surface area contributed by atoms with E-state index in [2.05, 4.69) is 136 Å². The van der Waals surface area contributed by atoms with E-state index in [1.54, 1.807) is 0 Å². The molecule has 3 heteroatoms. The van der Waals surface area contributed by atoms with Crippen LogP contribution in [0.5, 0.6) is 0 Å². The highest BCUT2D eigenvalue weighted by Crippen LogP contribution is 2.48. The zero-order valence-corrected chi connectivity index (χ0v) is 20.8. The topological polar surface area (TPSA) is 10.4 Å². The zero-order chi connectivity index (χ0) is 23.5. The Hall–Kier alpha value is -3.33. The Labute approximate surface area is 197 Å². The van der Waals surface area contributed by atoms with E-state index in [0.717, 1.165) is 0 Å². The first-order chi connectivity index (χ1) is 15.7. The lowest BCUT2D eigenvalue weighted by molar-refractivity contribution is -0.659. The van der Waals surface area contributed by atoms with Gasteiger partial charge >= 0.3 is 0 Å². The van der Waals surface area contributed by atoms with Crippen LogP contribution >= 0.6 is 0 Å². The van der Waals surface area contributed by atoms with E-state index in [9.17, 15) is 0 Å². The van der Waals surface area contributed by atoms with Crippen molar-refractivity contribution in [2.24, 2.45) is 7.05 Å². The van der Waals surface area contributed by atoms with Crippen LogP contribution < -0.4 is 14.4 Å². The first kappa shape index (κ1) is 21.5. The molecule has 0 spiro atoms. The number of benzene rings is 3. The normalized spacial score (nSPS) is 15.9. The first-order valence-corrected chi connectivity index (χ1v) is 11.8. The Morgan fingerprint density at radius 2 is 1.42 bits per heavy atom. The second-order valence-corrected chi connectivity index (χ2v) is 10.4. The van der Waals surface area contributed by atoms with Gasteiger partial charge in [-0.05, 0) is 88.4 Å². The second kappa shape index (κ2) is 7.62. The Bertz CT molecular complexity index is 1360. The number of anilines is 3. The van der Waals surface area contributed by atoms with Crippen LogP contribution in [0.25, 0.3) is 22.0 Å². The van der Waals surface area contributed by atoms with Gasteiger partial charge in [-0.3, -0.25) is 0 Å². The molecule has 5 rings (SSSR count). The van der Waals surface area contributed by atoms with Crippen molar-refractivity contribution in [1.82, 2.24) is 0 Å². The van der Waals surface area contributed by atoms with E-state index in [1.807, 2.05) is 0 Å². The van der Waals surface area contributed by atoms with Crippen molar-refractivity contribution in [2.45, 2.75) is 53.2 Å². The van der Waals surface area contributed by atoms with Gasteiger partial charge in [-0.25, -0.2) is 4.57 Å². The summed E-state index contributed by atoms with van der Waals surface area (Å²) in [4.78, 5) is 5.06. The van der Waals surface area contributed by atoms with Crippen LogP contribution in [0.15, 0.2) is 72.9 Å². The largest absolute Gasteiger partial charge is 0.345 e. The van der Waals surface area contributed by atoms with Gasteiger partial charge in [-0.1, -0.05) is 30.3 Å². The lowest BCUT2D eigenvalue weighted by Crippen LogP contribution is -2.49. The van der Waals surface area contributed by atoms with E-state index in [-0.39, 0.29) is 11.7 Å². The molecule has 3 aromatic carbocycles. The summed E-state index contributed by atoms with van der Waals surface area (Å²) in [5, 5.41) is 2.53. The molecule has 3 nitrogen and oxygen atoms in total. The third-order valence-electron chi connectivity index (χ3n) is 6.93. The molecule has 0 saturated heterocycles. The van der Waals surface area contributed by atoms with Gasteiger partial charge in [-0.15, -0.1) is 0 Å². The van der Waals surface area contributed by atoms with E-state index < -0.39 is 0 Å². The number of para-hydroxylation sites is 2. The average Bonchev–Trinajstić information content (AvgIpc) is 3.06. The molecule has 0 radical (unpaired) electrons. The van der Waals surface area contributed by atoms with E-state index in [1.165, 1.54) is 50.2 Å². The summed E-state index contributed by atoms with van der Waals surface area (Å²) in [5.74, 6) is 0. The molecule has 2 heterocycles. The number of rotatable bonds is 2. The molecule has 33 heavy (non-hydrogen) atoms. The molecular formula is C30H34N3+. The fourth-order valence-electron chi connectivity index (χ4n) is 5.55. The van der Waals surface area contributed by atoms with Gasteiger partial charge in [0.15, 0.2) is 6.20 Å². The number of hydrogen-bond donors (Lipinski definition) is 0. The SMILES string of the molecule is Cc1cc(-c2cc3ccccc3c[n+]2C)c(C)c(N2c3ccccc3N(C(C)(C)C)[C@H]2C)c1.